The Hall–Kier alpha value is -3.32. The van der Waals surface area contributed by atoms with E-state index in [2.05, 4.69) is 32.1 Å². The van der Waals surface area contributed by atoms with Crippen LogP contribution in [0.1, 0.15) is 25.3 Å². The third-order valence-electron chi connectivity index (χ3n) is 6.80. The summed E-state index contributed by atoms with van der Waals surface area (Å²) in [5.41, 5.74) is 2.12. The van der Waals surface area contributed by atoms with Crippen molar-refractivity contribution in [3.8, 4) is 17.0 Å². The Bertz CT molecular complexity index is 1350. The number of fused-ring (bicyclic) bond motifs is 4. The van der Waals surface area contributed by atoms with Crippen LogP contribution in [0.25, 0.3) is 32.9 Å². The highest BCUT2D eigenvalue weighted by Gasteiger charge is 2.33. The highest BCUT2D eigenvalue weighted by Crippen LogP contribution is 2.38. The second-order valence-electron chi connectivity index (χ2n) is 8.79. The summed E-state index contributed by atoms with van der Waals surface area (Å²) in [5.74, 6) is 0.338. The molecule has 7 heteroatoms. The molecule has 2 saturated heterocycles. The van der Waals surface area contributed by atoms with E-state index in [1.165, 1.54) is 6.33 Å². The highest BCUT2D eigenvalue weighted by atomic mass is 19.1. The molecule has 2 N–H and O–H groups in total. The van der Waals surface area contributed by atoms with E-state index < -0.39 is 5.82 Å². The number of phenolic OH excluding ortho intramolecular Hbond substituents is 1. The maximum atomic E-state index is 15.9. The van der Waals surface area contributed by atoms with Gasteiger partial charge in [0.15, 0.2) is 5.82 Å². The van der Waals surface area contributed by atoms with E-state index >= 15 is 4.39 Å². The van der Waals surface area contributed by atoms with Crippen molar-refractivity contribution in [1.29, 1.82) is 0 Å². The van der Waals surface area contributed by atoms with E-state index in [-0.39, 0.29) is 17.0 Å². The minimum absolute atomic E-state index is 0.0849. The zero-order valence-electron chi connectivity index (χ0n) is 17.8. The summed E-state index contributed by atoms with van der Waals surface area (Å²) in [4.78, 5) is 15.6. The van der Waals surface area contributed by atoms with Crippen LogP contribution < -0.4 is 10.2 Å². The number of nitrogens with one attached hydrogen (secondary N) is 1. The van der Waals surface area contributed by atoms with Crippen LogP contribution in [0.4, 0.5) is 10.2 Å². The molecule has 2 bridgehead atoms. The average molecular weight is 429 g/mol. The topological polar surface area (TPSA) is 74.2 Å². The van der Waals surface area contributed by atoms with Crippen LogP contribution in [-0.4, -0.2) is 45.2 Å². The Morgan fingerprint density at radius 3 is 2.72 bits per heavy atom. The minimum Gasteiger partial charge on any atom is -0.508 e. The molecule has 6 nitrogen and oxygen atoms in total. The fourth-order valence-electron chi connectivity index (χ4n) is 5.36. The van der Waals surface area contributed by atoms with Crippen LogP contribution in [0.3, 0.4) is 0 Å². The monoisotopic (exact) mass is 429 g/mol. The number of anilines is 1. The molecule has 0 unspecified atom stereocenters. The smallest absolute Gasteiger partial charge is 0.175 e. The van der Waals surface area contributed by atoms with Crippen LogP contribution in [-0.2, 0) is 6.42 Å². The van der Waals surface area contributed by atoms with Gasteiger partial charge in [-0.2, -0.15) is 0 Å². The molecule has 0 spiro atoms. The summed E-state index contributed by atoms with van der Waals surface area (Å²) in [6, 6.07) is 10.1. The summed E-state index contributed by atoms with van der Waals surface area (Å²) in [6.07, 6.45) is 6.22. The molecule has 2 atom stereocenters. The number of phenols is 1. The van der Waals surface area contributed by atoms with Crippen LogP contribution in [0.15, 0.2) is 42.9 Å². The van der Waals surface area contributed by atoms with Gasteiger partial charge in [0.05, 0.1) is 5.39 Å². The molecular formula is C25H24FN5O. The number of aromatic hydroxyl groups is 1. The second kappa shape index (κ2) is 7.38. The average Bonchev–Trinajstić information content (AvgIpc) is 3.15. The summed E-state index contributed by atoms with van der Waals surface area (Å²) in [6.45, 7) is 3.77. The number of piperazine rings is 1. The minimum atomic E-state index is -0.484. The number of aromatic nitrogens is 3. The number of pyridine rings is 1. The fraction of sp³-hybridized carbons (Fsp3) is 0.320. The first-order valence-electron chi connectivity index (χ1n) is 11.2. The normalized spacial score (nSPS) is 20.4. The van der Waals surface area contributed by atoms with E-state index in [1.54, 1.807) is 18.3 Å². The molecule has 0 saturated carbocycles. The fourth-order valence-corrected chi connectivity index (χ4v) is 5.36. The Labute approximate surface area is 185 Å². The Kier molecular flexibility index (Phi) is 4.47. The van der Waals surface area contributed by atoms with Crippen LogP contribution >= 0.6 is 0 Å². The molecule has 4 aromatic rings. The molecule has 0 radical (unpaired) electrons. The molecule has 32 heavy (non-hydrogen) atoms. The van der Waals surface area contributed by atoms with Crippen molar-refractivity contribution in [2.45, 2.75) is 38.3 Å². The van der Waals surface area contributed by atoms with Gasteiger partial charge in [0.25, 0.3) is 0 Å². The van der Waals surface area contributed by atoms with E-state index in [0.29, 0.717) is 23.0 Å². The van der Waals surface area contributed by atoms with Gasteiger partial charge in [-0.3, -0.25) is 4.98 Å². The lowest BCUT2D eigenvalue weighted by molar-refractivity contribution is 0.464. The zero-order chi connectivity index (χ0) is 21.8. The molecule has 0 aliphatic carbocycles. The van der Waals surface area contributed by atoms with Crippen molar-refractivity contribution in [1.82, 2.24) is 20.3 Å². The molecular weight excluding hydrogens is 405 g/mol. The quantitative estimate of drug-likeness (QED) is 0.509. The Morgan fingerprint density at radius 2 is 1.94 bits per heavy atom. The van der Waals surface area contributed by atoms with Crippen LogP contribution in [0.5, 0.6) is 5.75 Å². The molecule has 2 aromatic carbocycles. The lowest BCUT2D eigenvalue weighted by atomic mass is 9.95. The van der Waals surface area contributed by atoms with E-state index in [0.717, 1.165) is 54.5 Å². The van der Waals surface area contributed by atoms with Crippen molar-refractivity contribution in [2.24, 2.45) is 0 Å². The summed E-state index contributed by atoms with van der Waals surface area (Å²) < 4.78 is 15.9. The van der Waals surface area contributed by atoms with Crippen molar-refractivity contribution in [3.05, 3.63) is 54.2 Å². The zero-order valence-corrected chi connectivity index (χ0v) is 17.8. The Balaban J connectivity index is 1.53. The maximum Gasteiger partial charge on any atom is 0.175 e. The molecule has 2 aliphatic heterocycles. The van der Waals surface area contributed by atoms with Crippen molar-refractivity contribution in [2.75, 3.05) is 18.0 Å². The third kappa shape index (κ3) is 2.99. The van der Waals surface area contributed by atoms with Crippen LogP contribution in [0.2, 0.25) is 0 Å². The SMILES string of the molecule is CCc1cccc2cc(O)cc(-c3ncc4c(N5C[C@H]6CC[C@@H](C5)N6)ncnc4c3F)c12. The molecule has 0 amide bonds. The number of rotatable bonds is 3. The molecule has 4 heterocycles. The van der Waals surface area contributed by atoms with Gasteiger partial charge in [0.2, 0.25) is 0 Å². The number of hydrogen-bond donors (Lipinski definition) is 2. The summed E-state index contributed by atoms with van der Waals surface area (Å²) >= 11 is 0. The molecule has 2 aromatic heterocycles. The van der Waals surface area contributed by atoms with Gasteiger partial charge in [0, 0.05) is 36.9 Å². The van der Waals surface area contributed by atoms with Gasteiger partial charge in [-0.1, -0.05) is 25.1 Å². The van der Waals surface area contributed by atoms with Crippen molar-refractivity contribution in [3.63, 3.8) is 0 Å². The first-order chi connectivity index (χ1) is 15.6. The van der Waals surface area contributed by atoms with Gasteiger partial charge in [-0.25, -0.2) is 14.4 Å². The van der Waals surface area contributed by atoms with Crippen molar-refractivity contribution >= 4 is 27.5 Å². The number of aryl methyl sites for hydroxylation is 1. The first kappa shape index (κ1) is 19.4. The molecule has 2 aliphatic rings. The van der Waals surface area contributed by atoms with Gasteiger partial charge >= 0.3 is 0 Å². The predicted molar refractivity (Wildman–Crippen MR) is 123 cm³/mol. The Morgan fingerprint density at radius 1 is 1.12 bits per heavy atom. The molecule has 2 fully saturated rings. The van der Waals surface area contributed by atoms with Gasteiger partial charge in [-0.05, 0) is 47.7 Å². The summed E-state index contributed by atoms with van der Waals surface area (Å²) in [5, 5.41) is 16.3. The third-order valence-corrected chi connectivity index (χ3v) is 6.80. The van der Waals surface area contributed by atoms with Gasteiger partial charge in [-0.15, -0.1) is 0 Å². The summed E-state index contributed by atoms with van der Waals surface area (Å²) in [7, 11) is 0. The second-order valence-corrected chi connectivity index (χ2v) is 8.79. The van der Waals surface area contributed by atoms with Crippen LogP contribution in [0, 0.1) is 5.82 Å². The van der Waals surface area contributed by atoms with E-state index in [9.17, 15) is 5.11 Å². The number of halogens is 1. The predicted octanol–water partition coefficient (Wildman–Crippen LogP) is 4.19. The number of hydrogen-bond acceptors (Lipinski definition) is 6. The standard InChI is InChI=1S/C25H24FN5O/c1-2-14-4-3-5-15-8-18(32)9-19(21(14)15)23-22(26)24-20(10-27-23)25(29-13-28-24)31-11-16-6-7-17(12-31)30-16/h3-5,8-10,13,16-17,30,32H,2,6-7,11-12H2,1H3/t16-,17+. The maximum absolute atomic E-state index is 15.9. The van der Waals surface area contributed by atoms with E-state index in [1.807, 2.05) is 18.2 Å². The number of nitrogens with zero attached hydrogens (tertiary/aromatic N) is 4. The van der Waals surface area contributed by atoms with Crippen molar-refractivity contribution < 1.29 is 9.50 Å². The molecule has 6 rings (SSSR count). The molecule has 162 valence electrons. The lowest BCUT2D eigenvalue weighted by Gasteiger charge is -2.34. The van der Waals surface area contributed by atoms with Gasteiger partial charge in [0.1, 0.15) is 29.1 Å². The largest absolute Gasteiger partial charge is 0.508 e. The first-order valence-corrected chi connectivity index (χ1v) is 11.2. The van der Waals surface area contributed by atoms with E-state index in [4.69, 9.17) is 0 Å². The van der Waals surface area contributed by atoms with Gasteiger partial charge < -0.3 is 15.3 Å². The number of benzene rings is 2. The highest BCUT2D eigenvalue weighted by molar-refractivity contribution is 6.01. The lowest BCUT2D eigenvalue weighted by Crippen LogP contribution is -2.51.